The van der Waals surface area contributed by atoms with Crippen molar-refractivity contribution in [2.75, 3.05) is 15.8 Å². The Bertz CT molecular complexity index is 972. The van der Waals surface area contributed by atoms with E-state index in [-0.39, 0.29) is 5.75 Å². The molecule has 0 aliphatic rings. The van der Waals surface area contributed by atoms with Crippen molar-refractivity contribution < 1.29 is 8.42 Å². The maximum absolute atomic E-state index is 12.2. The van der Waals surface area contributed by atoms with Crippen LogP contribution in [-0.2, 0) is 16.4 Å². The summed E-state index contributed by atoms with van der Waals surface area (Å²) in [5.74, 6) is 0.386. The number of rotatable bonds is 8. The Labute approximate surface area is 160 Å². The molecular formula is C21H23N3O2S. The summed E-state index contributed by atoms with van der Waals surface area (Å²) in [6, 6.07) is 21.3. The molecule has 1 heterocycles. The average Bonchev–Trinajstić information content (AvgIpc) is 2.64. The summed E-state index contributed by atoms with van der Waals surface area (Å²) in [4.78, 5) is 4.20. The zero-order valence-corrected chi connectivity index (χ0v) is 16.0. The van der Waals surface area contributed by atoms with Crippen LogP contribution in [-0.4, -0.2) is 19.2 Å². The van der Waals surface area contributed by atoms with Crippen molar-refractivity contribution in [3.05, 3.63) is 84.1 Å². The number of sulfonamides is 1. The van der Waals surface area contributed by atoms with Gasteiger partial charge in [-0.2, -0.15) is 0 Å². The van der Waals surface area contributed by atoms with E-state index in [1.807, 2.05) is 61.5 Å². The smallest absolute Gasteiger partial charge is 0.233 e. The van der Waals surface area contributed by atoms with Gasteiger partial charge < -0.3 is 5.32 Å². The zero-order valence-electron chi connectivity index (χ0n) is 15.2. The average molecular weight is 382 g/mol. The molecule has 0 aliphatic carbocycles. The van der Waals surface area contributed by atoms with Gasteiger partial charge in [0.05, 0.1) is 17.6 Å². The van der Waals surface area contributed by atoms with E-state index in [9.17, 15) is 8.42 Å². The zero-order chi connectivity index (χ0) is 19.1. The van der Waals surface area contributed by atoms with E-state index in [0.29, 0.717) is 12.2 Å². The highest BCUT2D eigenvalue weighted by molar-refractivity contribution is 7.92. The Morgan fingerprint density at radius 1 is 0.926 bits per heavy atom. The van der Waals surface area contributed by atoms with Gasteiger partial charge in [0.1, 0.15) is 5.82 Å². The van der Waals surface area contributed by atoms with Gasteiger partial charge >= 0.3 is 0 Å². The molecule has 3 aromatic rings. The third-order valence-corrected chi connectivity index (χ3v) is 5.40. The Kier molecular flexibility index (Phi) is 6.08. The summed E-state index contributed by atoms with van der Waals surface area (Å²) in [7, 11) is -3.42. The molecule has 0 amide bonds. The lowest BCUT2D eigenvalue weighted by Crippen LogP contribution is -2.17. The molecule has 0 aliphatic heterocycles. The van der Waals surface area contributed by atoms with Crippen LogP contribution in [0.25, 0.3) is 0 Å². The number of hydrogen-bond donors (Lipinski definition) is 2. The highest BCUT2D eigenvalue weighted by Crippen LogP contribution is 2.18. The SMILES string of the molecule is Cc1cccc(Nc2ccc(NS(=O)(=O)CCCc3ccccc3)nc2)c1. The van der Waals surface area contributed by atoms with Crippen LogP contribution in [0.1, 0.15) is 17.5 Å². The normalized spacial score (nSPS) is 11.1. The van der Waals surface area contributed by atoms with Crippen LogP contribution in [0, 0.1) is 6.92 Å². The molecule has 27 heavy (non-hydrogen) atoms. The van der Waals surface area contributed by atoms with Crippen LogP contribution < -0.4 is 10.0 Å². The molecule has 2 N–H and O–H groups in total. The van der Waals surface area contributed by atoms with Crippen LogP contribution in [0.3, 0.4) is 0 Å². The maximum Gasteiger partial charge on any atom is 0.233 e. The second kappa shape index (κ2) is 8.68. The van der Waals surface area contributed by atoms with E-state index in [1.54, 1.807) is 18.3 Å². The molecule has 0 saturated heterocycles. The monoisotopic (exact) mass is 381 g/mol. The van der Waals surface area contributed by atoms with Crippen molar-refractivity contribution in [1.82, 2.24) is 4.98 Å². The minimum Gasteiger partial charge on any atom is -0.354 e. The summed E-state index contributed by atoms with van der Waals surface area (Å²) in [5.41, 5.74) is 4.06. The highest BCUT2D eigenvalue weighted by Gasteiger charge is 2.11. The number of nitrogens with one attached hydrogen (secondary N) is 2. The first-order chi connectivity index (χ1) is 13.0. The van der Waals surface area contributed by atoms with E-state index >= 15 is 0 Å². The fourth-order valence-corrected chi connectivity index (χ4v) is 3.80. The number of anilines is 3. The van der Waals surface area contributed by atoms with E-state index in [0.717, 1.165) is 28.9 Å². The lowest BCUT2D eigenvalue weighted by atomic mass is 10.1. The first-order valence-electron chi connectivity index (χ1n) is 8.84. The summed E-state index contributed by atoms with van der Waals surface area (Å²) >= 11 is 0. The summed E-state index contributed by atoms with van der Waals surface area (Å²) in [5, 5.41) is 3.25. The van der Waals surface area contributed by atoms with E-state index < -0.39 is 10.0 Å². The molecule has 0 unspecified atom stereocenters. The minimum atomic E-state index is -3.42. The largest absolute Gasteiger partial charge is 0.354 e. The Hall–Kier alpha value is -2.86. The fourth-order valence-electron chi connectivity index (χ4n) is 2.74. The molecule has 3 rings (SSSR count). The number of hydrogen-bond acceptors (Lipinski definition) is 4. The maximum atomic E-state index is 12.2. The van der Waals surface area contributed by atoms with Crippen molar-refractivity contribution in [3.63, 3.8) is 0 Å². The lowest BCUT2D eigenvalue weighted by molar-refractivity contribution is 0.598. The van der Waals surface area contributed by atoms with Gasteiger partial charge in [-0.25, -0.2) is 13.4 Å². The first kappa shape index (κ1) is 18.9. The van der Waals surface area contributed by atoms with Crippen LogP contribution in [0.2, 0.25) is 0 Å². The van der Waals surface area contributed by atoms with Gasteiger partial charge in [0.25, 0.3) is 0 Å². The van der Waals surface area contributed by atoms with Gasteiger partial charge in [-0.15, -0.1) is 0 Å². The Morgan fingerprint density at radius 3 is 2.44 bits per heavy atom. The molecule has 5 nitrogen and oxygen atoms in total. The standard InChI is InChI=1S/C21H23N3O2S/c1-17-7-5-11-19(15-17)23-20-12-13-21(22-16-20)24-27(25,26)14-6-10-18-8-3-2-4-9-18/h2-5,7-9,11-13,15-16,23H,6,10,14H2,1H3,(H,22,24). The van der Waals surface area contributed by atoms with Gasteiger partial charge in [-0.3, -0.25) is 4.72 Å². The van der Waals surface area contributed by atoms with Crippen molar-refractivity contribution in [3.8, 4) is 0 Å². The van der Waals surface area contributed by atoms with E-state index in [4.69, 9.17) is 0 Å². The molecule has 0 spiro atoms. The highest BCUT2D eigenvalue weighted by atomic mass is 32.2. The summed E-state index contributed by atoms with van der Waals surface area (Å²) < 4.78 is 27.0. The van der Waals surface area contributed by atoms with E-state index in [1.165, 1.54) is 0 Å². The van der Waals surface area contributed by atoms with Crippen molar-refractivity contribution in [2.24, 2.45) is 0 Å². The van der Waals surface area contributed by atoms with Crippen LogP contribution in [0.4, 0.5) is 17.2 Å². The third kappa shape index (κ3) is 6.11. The molecule has 1 aromatic heterocycles. The number of aromatic nitrogens is 1. The molecule has 0 saturated carbocycles. The number of pyridine rings is 1. The van der Waals surface area contributed by atoms with Gasteiger partial charge in [0, 0.05) is 5.69 Å². The van der Waals surface area contributed by atoms with Gasteiger partial charge in [-0.05, 0) is 55.2 Å². The number of nitrogens with zero attached hydrogens (tertiary/aromatic N) is 1. The number of benzene rings is 2. The van der Waals surface area contributed by atoms with Crippen molar-refractivity contribution in [1.29, 1.82) is 0 Å². The van der Waals surface area contributed by atoms with Crippen LogP contribution >= 0.6 is 0 Å². The second-order valence-electron chi connectivity index (χ2n) is 6.44. The third-order valence-electron chi connectivity index (χ3n) is 4.05. The van der Waals surface area contributed by atoms with Crippen LogP contribution in [0.5, 0.6) is 0 Å². The molecular weight excluding hydrogens is 358 g/mol. The lowest BCUT2D eigenvalue weighted by Gasteiger charge is -2.10. The fraction of sp³-hybridized carbons (Fsp3) is 0.190. The molecule has 2 aromatic carbocycles. The predicted octanol–water partition coefficient (Wildman–Crippen LogP) is 4.51. The second-order valence-corrected chi connectivity index (χ2v) is 8.28. The Morgan fingerprint density at radius 2 is 1.74 bits per heavy atom. The molecule has 0 bridgehead atoms. The molecule has 6 heteroatoms. The molecule has 140 valence electrons. The first-order valence-corrected chi connectivity index (χ1v) is 10.5. The van der Waals surface area contributed by atoms with Gasteiger partial charge in [-0.1, -0.05) is 42.5 Å². The van der Waals surface area contributed by atoms with Crippen molar-refractivity contribution >= 4 is 27.2 Å². The van der Waals surface area contributed by atoms with Crippen LogP contribution in [0.15, 0.2) is 72.9 Å². The summed E-state index contributed by atoms with van der Waals surface area (Å²) in [6.45, 7) is 2.03. The minimum absolute atomic E-state index is 0.0624. The van der Waals surface area contributed by atoms with Gasteiger partial charge in [0.2, 0.25) is 10.0 Å². The van der Waals surface area contributed by atoms with E-state index in [2.05, 4.69) is 15.0 Å². The predicted molar refractivity (Wildman–Crippen MR) is 111 cm³/mol. The quantitative estimate of drug-likeness (QED) is 0.602. The van der Waals surface area contributed by atoms with Gasteiger partial charge in [0.15, 0.2) is 0 Å². The topological polar surface area (TPSA) is 71.1 Å². The molecule has 0 fully saturated rings. The Balaban J connectivity index is 1.53. The molecule has 0 radical (unpaired) electrons. The molecule has 0 atom stereocenters. The number of aryl methyl sites for hydroxylation is 2. The summed E-state index contributed by atoms with van der Waals surface area (Å²) in [6.07, 6.45) is 2.91. The van der Waals surface area contributed by atoms with Crippen molar-refractivity contribution in [2.45, 2.75) is 19.8 Å².